The van der Waals surface area contributed by atoms with Gasteiger partial charge in [0.1, 0.15) is 5.75 Å². The Bertz CT molecular complexity index is 1200. The fourth-order valence-electron chi connectivity index (χ4n) is 4.03. The number of hydrogen-bond acceptors (Lipinski definition) is 2. The van der Waals surface area contributed by atoms with E-state index >= 15 is 0 Å². The first-order valence-corrected chi connectivity index (χ1v) is 9.47. The van der Waals surface area contributed by atoms with E-state index in [-0.39, 0.29) is 5.56 Å². The van der Waals surface area contributed by atoms with Gasteiger partial charge in [0.15, 0.2) is 5.60 Å². The van der Waals surface area contributed by atoms with Crippen molar-refractivity contribution in [1.82, 2.24) is 0 Å². The number of carboxylic acids is 1. The molecule has 0 amide bonds. The summed E-state index contributed by atoms with van der Waals surface area (Å²) in [4.78, 5) is 11.9. The summed E-state index contributed by atoms with van der Waals surface area (Å²) in [6, 6.07) is 29.5. The molecule has 140 valence electrons. The maximum atomic E-state index is 11.9. The molecule has 3 nitrogen and oxygen atoms in total. The molecular formula is C26H18O3. The van der Waals surface area contributed by atoms with Crippen molar-refractivity contribution in [3.8, 4) is 5.75 Å². The van der Waals surface area contributed by atoms with Gasteiger partial charge in [0.2, 0.25) is 0 Å². The highest BCUT2D eigenvalue weighted by atomic mass is 16.5. The molecule has 0 aliphatic carbocycles. The number of carboxylic acid groups (broad SMARTS) is 1. The third-order valence-electron chi connectivity index (χ3n) is 5.42. The molecule has 1 aliphatic heterocycles. The molecule has 0 saturated carbocycles. The van der Waals surface area contributed by atoms with Crippen LogP contribution in [-0.2, 0) is 5.60 Å². The summed E-state index contributed by atoms with van der Waals surface area (Å²) in [6.07, 6.45) is 3.84. The molecule has 5 rings (SSSR count). The molecule has 0 fully saturated rings. The average molecular weight is 378 g/mol. The fraction of sp³-hybridized carbons (Fsp3) is 0.0385. The van der Waals surface area contributed by atoms with Crippen molar-refractivity contribution in [2.45, 2.75) is 5.60 Å². The van der Waals surface area contributed by atoms with Crippen LogP contribution in [0.1, 0.15) is 27.0 Å². The van der Waals surface area contributed by atoms with Gasteiger partial charge >= 0.3 is 5.97 Å². The molecular weight excluding hydrogens is 360 g/mol. The predicted octanol–water partition coefficient (Wildman–Crippen LogP) is 5.89. The third-order valence-corrected chi connectivity index (χ3v) is 5.42. The van der Waals surface area contributed by atoms with Crippen molar-refractivity contribution in [1.29, 1.82) is 0 Å². The zero-order chi connectivity index (χ0) is 19.8. The highest BCUT2D eigenvalue weighted by molar-refractivity contribution is 6.03. The predicted molar refractivity (Wildman–Crippen MR) is 114 cm³/mol. The van der Waals surface area contributed by atoms with Crippen LogP contribution in [0.3, 0.4) is 0 Å². The summed E-state index contributed by atoms with van der Waals surface area (Å²) in [6.45, 7) is 0. The van der Waals surface area contributed by atoms with Crippen LogP contribution >= 0.6 is 0 Å². The zero-order valence-corrected chi connectivity index (χ0v) is 15.6. The van der Waals surface area contributed by atoms with Gasteiger partial charge in [-0.2, -0.15) is 0 Å². The Hall–Kier alpha value is -3.85. The molecule has 1 N–H and O–H groups in total. The van der Waals surface area contributed by atoms with Crippen molar-refractivity contribution < 1.29 is 14.6 Å². The lowest BCUT2D eigenvalue weighted by Crippen LogP contribution is -2.34. The monoisotopic (exact) mass is 378 g/mol. The highest BCUT2D eigenvalue weighted by Crippen LogP contribution is 2.46. The first kappa shape index (κ1) is 17.3. The van der Waals surface area contributed by atoms with Crippen LogP contribution in [0.25, 0.3) is 16.8 Å². The summed E-state index contributed by atoms with van der Waals surface area (Å²) in [5.41, 5.74) is 1.97. The van der Waals surface area contributed by atoms with Crippen LogP contribution in [0.15, 0.2) is 97.1 Å². The summed E-state index contributed by atoms with van der Waals surface area (Å²) in [5, 5.41) is 11.5. The number of fused-ring (bicyclic) bond motifs is 3. The van der Waals surface area contributed by atoms with Gasteiger partial charge in [-0.05, 0) is 23.6 Å². The number of hydrogen-bond donors (Lipinski definition) is 1. The Morgan fingerprint density at radius 3 is 2.00 bits per heavy atom. The summed E-state index contributed by atoms with van der Waals surface area (Å²) in [5.74, 6) is -0.372. The smallest absolute Gasteiger partial charge is 0.336 e. The minimum absolute atomic E-state index is 0.240. The summed E-state index contributed by atoms with van der Waals surface area (Å²) < 4.78 is 6.75. The minimum Gasteiger partial charge on any atom is -0.478 e. The Balaban J connectivity index is 1.82. The van der Waals surface area contributed by atoms with Crippen molar-refractivity contribution in [3.05, 3.63) is 119 Å². The van der Waals surface area contributed by atoms with Gasteiger partial charge in [0.25, 0.3) is 0 Å². The quantitative estimate of drug-likeness (QED) is 0.484. The topological polar surface area (TPSA) is 46.5 Å². The lowest BCUT2D eigenvalue weighted by atomic mass is 9.82. The van der Waals surface area contributed by atoms with Gasteiger partial charge in [0, 0.05) is 22.1 Å². The molecule has 0 radical (unpaired) electrons. The van der Waals surface area contributed by atoms with Crippen LogP contribution in [0.5, 0.6) is 5.75 Å². The van der Waals surface area contributed by atoms with Gasteiger partial charge in [-0.25, -0.2) is 4.79 Å². The molecule has 0 spiro atoms. The van der Waals surface area contributed by atoms with E-state index in [4.69, 9.17) is 4.74 Å². The summed E-state index contributed by atoms with van der Waals surface area (Å²) >= 11 is 0. The Morgan fingerprint density at radius 2 is 1.38 bits per heavy atom. The van der Waals surface area contributed by atoms with Gasteiger partial charge in [-0.15, -0.1) is 0 Å². The van der Waals surface area contributed by atoms with Crippen LogP contribution in [0.4, 0.5) is 0 Å². The molecule has 0 saturated heterocycles. The Kier molecular flexibility index (Phi) is 3.95. The molecule has 29 heavy (non-hydrogen) atoms. The van der Waals surface area contributed by atoms with Crippen molar-refractivity contribution in [2.75, 3.05) is 0 Å². The number of ether oxygens (including phenoxy) is 1. The second-order valence-corrected chi connectivity index (χ2v) is 7.10. The molecule has 1 heterocycles. The standard InChI is InChI=1S/C26H18O3/c27-25(28)23-17-18-9-7-8-14-21(18)24-22(23)15-16-26(29-24,19-10-3-1-4-11-19)20-12-5-2-6-13-20/h1-17H,(H,27,28). The van der Waals surface area contributed by atoms with E-state index in [0.29, 0.717) is 11.3 Å². The maximum Gasteiger partial charge on any atom is 0.336 e. The van der Waals surface area contributed by atoms with Gasteiger partial charge in [-0.3, -0.25) is 0 Å². The van der Waals surface area contributed by atoms with E-state index in [2.05, 4.69) is 0 Å². The molecule has 4 aromatic carbocycles. The van der Waals surface area contributed by atoms with Crippen molar-refractivity contribution in [3.63, 3.8) is 0 Å². The number of rotatable bonds is 3. The maximum absolute atomic E-state index is 11.9. The molecule has 0 atom stereocenters. The SMILES string of the molecule is O=C(O)c1cc2ccccc2c2c1C=CC(c1ccccc1)(c1ccccc1)O2. The van der Waals surface area contributed by atoms with Crippen molar-refractivity contribution >= 4 is 22.8 Å². The normalized spacial score (nSPS) is 14.2. The van der Waals surface area contributed by atoms with E-state index in [1.807, 2.05) is 97.1 Å². The van der Waals surface area contributed by atoms with Gasteiger partial charge < -0.3 is 9.84 Å². The third kappa shape index (κ3) is 2.71. The zero-order valence-electron chi connectivity index (χ0n) is 15.6. The van der Waals surface area contributed by atoms with E-state index in [9.17, 15) is 9.90 Å². The minimum atomic E-state index is -0.966. The second-order valence-electron chi connectivity index (χ2n) is 7.10. The van der Waals surface area contributed by atoms with E-state index in [1.54, 1.807) is 6.07 Å². The van der Waals surface area contributed by atoms with Crippen molar-refractivity contribution in [2.24, 2.45) is 0 Å². The summed E-state index contributed by atoms with van der Waals surface area (Å²) in [7, 11) is 0. The molecule has 1 aliphatic rings. The highest BCUT2D eigenvalue weighted by Gasteiger charge is 2.38. The molecule has 3 heteroatoms. The average Bonchev–Trinajstić information content (AvgIpc) is 2.79. The number of benzene rings is 4. The lowest BCUT2D eigenvalue weighted by Gasteiger charge is -2.37. The van der Waals surface area contributed by atoms with E-state index in [1.165, 1.54) is 0 Å². The van der Waals surface area contributed by atoms with E-state index < -0.39 is 11.6 Å². The van der Waals surface area contributed by atoms with Crippen LogP contribution in [0, 0.1) is 0 Å². The first-order valence-electron chi connectivity index (χ1n) is 9.47. The molecule has 4 aromatic rings. The molecule has 0 bridgehead atoms. The van der Waals surface area contributed by atoms with Gasteiger partial charge in [0.05, 0.1) is 5.56 Å². The van der Waals surface area contributed by atoms with Gasteiger partial charge in [-0.1, -0.05) is 84.9 Å². The van der Waals surface area contributed by atoms with E-state index in [0.717, 1.165) is 21.9 Å². The van der Waals surface area contributed by atoms with Crippen LogP contribution in [-0.4, -0.2) is 11.1 Å². The Morgan fingerprint density at radius 1 is 0.793 bits per heavy atom. The second kappa shape index (κ2) is 6.64. The molecule has 0 unspecified atom stereocenters. The first-order chi connectivity index (χ1) is 14.2. The van der Waals surface area contributed by atoms with Crippen LogP contribution < -0.4 is 4.74 Å². The lowest BCUT2D eigenvalue weighted by molar-refractivity contribution is 0.0695. The largest absolute Gasteiger partial charge is 0.478 e. The number of aromatic carboxylic acids is 1. The fourth-order valence-corrected chi connectivity index (χ4v) is 4.03. The van der Waals surface area contributed by atoms with Crippen LogP contribution in [0.2, 0.25) is 0 Å². The number of carbonyl (C=O) groups is 1. The molecule has 0 aromatic heterocycles. The Labute approximate surface area is 168 Å².